The normalized spacial score (nSPS) is 10.3. The Morgan fingerprint density at radius 2 is 1.76 bits per heavy atom. The molecular formula is C19H17N3O3. The molecule has 1 heterocycles. The van der Waals surface area contributed by atoms with Crippen molar-refractivity contribution in [2.45, 2.75) is 13.5 Å². The van der Waals surface area contributed by atoms with Gasteiger partial charge in [-0.05, 0) is 24.3 Å². The quantitative estimate of drug-likeness (QED) is 0.750. The van der Waals surface area contributed by atoms with E-state index in [0.717, 1.165) is 5.56 Å². The fourth-order valence-electron chi connectivity index (χ4n) is 2.31. The van der Waals surface area contributed by atoms with Gasteiger partial charge in [0.2, 0.25) is 5.91 Å². The second kappa shape index (κ2) is 7.44. The molecule has 0 bridgehead atoms. The molecule has 0 atom stereocenters. The van der Waals surface area contributed by atoms with E-state index in [1.807, 2.05) is 30.3 Å². The van der Waals surface area contributed by atoms with Crippen molar-refractivity contribution in [2.75, 3.05) is 5.32 Å². The Hall–Kier alpha value is -3.41. The Morgan fingerprint density at radius 1 is 1.04 bits per heavy atom. The molecule has 6 heteroatoms. The first-order valence-corrected chi connectivity index (χ1v) is 7.79. The summed E-state index contributed by atoms with van der Waals surface area (Å²) in [6.07, 6.45) is 0. The summed E-state index contributed by atoms with van der Waals surface area (Å²) < 4.78 is 5.30. The van der Waals surface area contributed by atoms with Crippen LogP contribution in [0.5, 0.6) is 0 Å². The maximum atomic E-state index is 12.2. The van der Waals surface area contributed by atoms with Crippen LogP contribution in [0.2, 0.25) is 0 Å². The van der Waals surface area contributed by atoms with Crippen molar-refractivity contribution < 1.29 is 14.1 Å². The van der Waals surface area contributed by atoms with Crippen LogP contribution in [0.4, 0.5) is 5.69 Å². The summed E-state index contributed by atoms with van der Waals surface area (Å²) in [5.41, 5.74) is 2.72. The molecule has 0 radical (unpaired) electrons. The fraction of sp³-hybridized carbons (Fsp3) is 0.105. The van der Waals surface area contributed by atoms with E-state index in [9.17, 15) is 9.59 Å². The van der Waals surface area contributed by atoms with Crippen molar-refractivity contribution in [1.82, 2.24) is 10.5 Å². The molecule has 25 heavy (non-hydrogen) atoms. The third kappa shape index (κ3) is 4.32. The second-order valence-corrected chi connectivity index (χ2v) is 5.49. The molecule has 0 aliphatic rings. The minimum Gasteiger partial charge on any atom is -0.356 e. The van der Waals surface area contributed by atoms with Crippen LogP contribution in [0, 0.1) is 0 Å². The summed E-state index contributed by atoms with van der Waals surface area (Å²) in [5.74, 6) is 0.278. The van der Waals surface area contributed by atoms with Crippen molar-refractivity contribution in [3.63, 3.8) is 0 Å². The van der Waals surface area contributed by atoms with Gasteiger partial charge in [0.05, 0.1) is 6.54 Å². The molecule has 0 spiro atoms. The number of benzene rings is 2. The maximum Gasteiger partial charge on any atom is 0.251 e. The zero-order valence-corrected chi connectivity index (χ0v) is 13.7. The first kappa shape index (κ1) is 16.4. The summed E-state index contributed by atoms with van der Waals surface area (Å²) in [6.45, 7) is 1.70. The molecule has 3 rings (SSSR count). The van der Waals surface area contributed by atoms with E-state index in [2.05, 4.69) is 15.8 Å². The standard InChI is InChI=1S/C19H17N3O3/c1-13(23)21-16-9-7-15(8-10-16)19(24)20-12-17-11-18(25-22-17)14-5-3-2-4-6-14/h2-11H,12H2,1H3,(H,20,24)(H,21,23). The molecule has 0 saturated carbocycles. The summed E-state index contributed by atoms with van der Waals surface area (Å²) in [5, 5.41) is 9.41. The number of aromatic nitrogens is 1. The Balaban J connectivity index is 1.59. The highest BCUT2D eigenvalue weighted by atomic mass is 16.5. The molecule has 1 aromatic heterocycles. The third-order valence-corrected chi connectivity index (χ3v) is 3.51. The summed E-state index contributed by atoms with van der Waals surface area (Å²) in [7, 11) is 0. The van der Waals surface area contributed by atoms with Crippen LogP contribution < -0.4 is 10.6 Å². The Bertz CT molecular complexity index is 870. The number of anilines is 1. The zero-order chi connectivity index (χ0) is 17.6. The lowest BCUT2D eigenvalue weighted by molar-refractivity contribution is -0.114. The number of carbonyl (C=O) groups is 2. The smallest absolute Gasteiger partial charge is 0.251 e. The lowest BCUT2D eigenvalue weighted by atomic mass is 10.1. The van der Waals surface area contributed by atoms with Gasteiger partial charge < -0.3 is 15.2 Å². The van der Waals surface area contributed by atoms with Gasteiger partial charge in [-0.3, -0.25) is 9.59 Å². The van der Waals surface area contributed by atoms with Crippen molar-refractivity contribution in [1.29, 1.82) is 0 Å². The number of rotatable bonds is 5. The van der Waals surface area contributed by atoms with Crippen molar-refractivity contribution >= 4 is 17.5 Å². The van der Waals surface area contributed by atoms with Gasteiger partial charge >= 0.3 is 0 Å². The molecule has 2 amide bonds. The molecule has 3 aromatic rings. The number of hydrogen-bond donors (Lipinski definition) is 2. The van der Waals surface area contributed by atoms with Gasteiger partial charge in [0.1, 0.15) is 5.69 Å². The van der Waals surface area contributed by atoms with Crippen LogP contribution in [0.3, 0.4) is 0 Å². The van der Waals surface area contributed by atoms with E-state index < -0.39 is 0 Å². The van der Waals surface area contributed by atoms with E-state index >= 15 is 0 Å². The van der Waals surface area contributed by atoms with Gasteiger partial charge in [-0.1, -0.05) is 35.5 Å². The van der Waals surface area contributed by atoms with E-state index in [0.29, 0.717) is 22.7 Å². The summed E-state index contributed by atoms with van der Waals surface area (Å²) >= 11 is 0. The fourth-order valence-corrected chi connectivity index (χ4v) is 2.31. The first-order valence-electron chi connectivity index (χ1n) is 7.79. The maximum absolute atomic E-state index is 12.2. The molecular weight excluding hydrogens is 318 g/mol. The summed E-state index contributed by atoms with van der Waals surface area (Å²) in [6, 6.07) is 18.1. The molecule has 126 valence electrons. The zero-order valence-electron chi connectivity index (χ0n) is 13.7. The van der Waals surface area contributed by atoms with Crippen LogP contribution in [0.25, 0.3) is 11.3 Å². The van der Waals surface area contributed by atoms with Gasteiger partial charge in [-0.15, -0.1) is 0 Å². The SMILES string of the molecule is CC(=O)Nc1ccc(C(=O)NCc2cc(-c3ccccc3)on2)cc1. The molecule has 2 aromatic carbocycles. The van der Waals surface area contributed by atoms with Gasteiger partial charge in [0.25, 0.3) is 5.91 Å². The average molecular weight is 335 g/mol. The lowest BCUT2D eigenvalue weighted by Crippen LogP contribution is -2.22. The number of carbonyl (C=O) groups excluding carboxylic acids is 2. The Labute approximate surface area is 144 Å². The highest BCUT2D eigenvalue weighted by molar-refractivity contribution is 5.95. The molecule has 6 nitrogen and oxygen atoms in total. The number of amides is 2. The molecule has 0 aliphatic carbocycles. The number of nitrogens with zero attached hydrogens (tertiary/aromatic N) is 1. The third-order valence-electron chi connectivity index (χ3n) is 3.51. The average Bonchev–Trinajstić information content (AvgIpc) is 3.10. The van der Waals surface area contributed by atoms with Crippen molar-refractivity contribution in [2.24, 2.45) is 0 Å². The predicted molar refractivity (Wildman–Crippen MR) is 93.9 cm³/mol. The van der Waals surface area contributed by atoms with Crippen LogP contribution in [-0.4, -0.2) is 17.0 Å². The minimum atomic E-state index is -0.223. The van der Waals surface area contributed by atoms with E-state index in [1.54, 1.807) is 30.3 Å². The second-order valence-electron chi connectivity index (χ2n) is 5.49. The molecule has 0 saturated heterocycles. The molecule has 0 unspecified atom stereocenters. The summed E-state index contributed by atoms with van der Waals surface area (Å²) in [4.78, 5) is 23.2. The van der Waals surface area contributed by atoms with Gasteiger partial charge in [-0.25, -0.2) is 0 Å². The van der Waals surface area contributed by atoms with Crippen molar-refractivity contribution in [3.8, 4) is 11.3 Å². The van der Waals surface area contributed by atoms with Crippen LogP contribution >= 0.6 is 0 Å². The van der Waals surface area contributed by atoms with E-state index in [4.69, 9.17) is 4.52 Å². The van der Waals surface area contributed by atoms with Crippen molar-refractivity contribution in [3.05, 3.63) is 71.9 Å². The van der Waals surface area contributed by atoms with Crippen LogP contribution in [-0.2, 0) is 11.3 Å². The highest BCUT2D eigenvalue weighted by Crippen LogP contribution is 2.19. The van der Waals surface area contributed by atoms with Gasteiger partial charge in [0, 0.05) is 29.8 Å². The molecule has 2 N–H and O–H groups in total. The topological polar surface area (TPSA) is 84.2 Å². The highest BCUT2D eigenvalue weighted by Gasteiger charge is 2.09. The largest absolute Gasteiger partial charge is 0.356 e. The Morgan fingerprint density at radius 3 is 2.44 bits per heavy atom. The molecule has 0 fully saturated rings. The Kier molecular flexibility index (Phi) is 4.89. The molecule has 0 aliphatic heterocycles. The number of hydrogen-bond acceptors (Lipinski definition) is 4. The van der Waals surface area contributed by atoms with Crippen LogP contribution in [0.1, 0.15) is 23.0 Å². The van der Waals surface area contributed by atoms with Gasteiger partial charge in [-0.2, -0.15) is 0 Å². The first-order chi connectivity index (χ1) is 12.1. The van der Waals surface area contributed by atoms with E-state index in [-0.39, 0.29) is 18.4 Å². The van der Waals surface area contributed by atoms with E-state index in [1.165, 1.54) is 6.92 Å². The van der Waals surface area contributed by atoms with Crippen LogP contribution in [0.15, 0.2) is 65.2 Å². The number of nitrogens with one attached hydrogen (secondary N) is 2. The predicted octanol–water partition coefficient (Wildman–Crippen LogP) is 3.23. The van der Waals surface area contributed by atoms with Gasteiger partial charge in [0.15, 0.2) is 5.76 Å². The minimum absolute atomic E-state index is 0.155. The lowest BCUT2D eigenvalue weighted by Gasteiger charge is -2.05. The monoisotopic (exact) mass is 335 g/mol.